The van der Waals surface area contributed by atoms with Gasteiger partial charge in [0.1, 0.15) is 0 Å². The molecule has 55 heavy (non-hydrogen) atoms. The van der Waals surface area contributed by atoms with Gasteiger partial charge in [-0.1, -0.05) is 103 Å². The van der Waals surface area contributed by atoms with Crippen LogP contribution in [0.2, 0.25) is 0 Å². The predicted octanol–water partition coefficient (Wildman–Crippen LogP) is 8.48. The third kappa shape index (κ3) is 11.1. The number of unbranched alkanes of at least 4 members (excludes halogenated alkanes) is 1. The smallest absolute Gasteiger partial charge is 0.224 e. The lowest BCUT2D eigenvalue weighted by molar-refractivity contribution is -0.253. The number of hydrogen-bond acceptors (Lipinski definition) is 7. The Morgan fingerprint density at radius 2 is 1.47 bits per heavy atom. The maximum Gasteiger partial charge on any atom is 0.224 e. The molecule has 4 atom stereocenters. The molecule has 6 rings (SSSR count). The normalized spacial score (nSPS) is 17.4. The number of nitrogen functional groups attached to an aromatic ring is 1. The standard InChI is InChI=1S/C46H52N4O5/c1-32(35-13-4-3-5-14-35)50(2)30-40-28-43(36-24-22-33(31-51)23-25-36)55-46(54-40)39-17-11-16-38(27-39)37-15-10-12-34(26-37)29-48-44(52)20-8-9-21-45(53)49-42-19-7-6-18-41(42)47/h3-7,10-19,22-27,32,40,43,46,51H,8-9,20-21,28-31,47H2,1-2H3,(H,48,52)(H,49,53)/t32-,40+,43-,46-/m0/s1. The Kier molecular flexibility index (Phi) is 13.8. The lowest BCUT2D eigenvalue weighted by Crippen LogP contribution is -2.38. The van der Waals surface area contributed by atoms with E-state index in [-0.39, 0.29) is 36.7 Å². The summed E-state index contributed by atoms with van der Waals surface area (Å²) in [6.45, 7) is 3.35. The number of likely N-dealkylation sites (N-methyl/N-ethyl adjacent to an activating group) is 1. The second kappa shape index (κ2) is 19.3. The molecule has 0 spiro atoms. The summed E-state index contributed by atoms with van der Waals surface area (Å²) in [4.78, 5) is 27.3. The van der Waals surface area contributed by atoms with E-state index in [1.807, 2.05) is 66.7 Å². The van der Waals surface area contributed by atoms with E-state index in [2.05, 4.69) is 78.0 Å². The highest BCUT2D eigenvalue weighted by atomic mass is 16.7. The van der Waals surface area contributed by atoms with Crippen LogP contribution in [0.1, 0.15) is 85.3 Å². The highest BCUT2D eigenvalue weighted by Crippen LogP contribution is 2.39. The van der Waals surface area contributed by atoms with Crippen LogP contribution in [-0.4, -0.2) is 41.5 Å². The molecule has 9 nitrogen and oxygen atoms in total. The summed E-state index contributed by atoms with van der Waals surface area (Å²) >= 11 is 0. The number of carbonyl (C=O) groups is 2. The predicted molar refractivity (Wildman–Crippen MR) is 218 cm³/mol. The van der Waals surface area contributed by atoms with Crippen molar-refractivity contribution in [1.82, 2.24) is 10.2 Å². The minimum absolute atomic E-state index is 0.00329. The van der Waals surface area contributed by atoms with Crippen LogP contribution in [0, 0.1) is 0 Å². The van der Waals surface area contributed by atoms with Gasteiger partial charge in [-0.3, -0.25) is 14.5 Å². The minimum atomic E-state index is -0.577. The molecule has 0 radical (unpaired) electrons. The number of ether oxygens (including phenoxy) is 2. The van der Waals surface area contributed by atoms with Gasteiger partial charge in [-0.15, -0.1) is 0 Å². The molecule has 0 aliphatic carbocycles. The van der Waals surface area contributed by atoms with Gasteiger partial charge in [0.05, 0.1) is 30.2 Å². The molecule has 0 unspecified atom stereocenters. The first kappa shape index (κ1) is 39.4. The lowest BCUT2D eigenvalue weighted by atomic mass is 9.98. The molecule has 1 heterocycles. The van der Waals surface area contributed by atoms with Crippen molar-refractivity contribution in [2.24, 2.45) is 0 Å². The van der Waals surface area contributed by atoms with Crippen molar-refractivity contribution in [3.63, 3.8) is 0 Å². The maximum absolute atomic E-state index is 12.7. The van der Waals surface area contributed by atoms with Gasteiger partial charge < -0.3 is 30.9 Å². The second-order valence-electron chi connectivity index (χ2n) is 14.3. The summed E-state index contributed by atoms with van der Waals surface area (Å²) in [6, 6.07) is 42.3. The van der Waals surface area contributed by atoms with Gasteiger partial charge in [-0.25, -0.2) is 0 Å². The summed E-state index contributed by atoms with van der Waals surface area (Å²) in [7, 11) is 2.14. The number of aliphatic hydroxyl groups is 1. The number of rotatable bonds is 16. The molecule has 2 amide bonds. The molecule has 1 aliphatic heterocycles. The molecule has 1 aliphatic rings. The number of anilines is 2. The molecule has 9 heteroatoms. The second-order valence-corrected chi connectivity index (χ2v) is 14.3. The van der Waals surface area contributed by atoms with E-state index >= 15 is 0 Å². The van der Waals surface area contributed by atoms with Gasteiger partial charge in [0.2, 0.25) is 11.8 Å². The Hall–Kier alpha value is -5.32. The first-order valence-electron chi connectivity index (χ1n) is 19.1. The first-order valence-corrected chi connectivity index (χ1v) is 19.1. The van der Waals surface area contributed by atoms with Crippen LogP contribution in [0.15, 0.2) is 127 Å². The zero-order chi connectivity index (χ0) is 38.6. The number of aliphatic hydroxyl groups excluding tert-OH is 1. The summed E-state index contributed by atoms with van der Waals surface area (Å²) in [5.74, 6) is -0.166. The highest BCUT2D eigenvalue weighted by molar-refractivity contribution is 5.93. The van der Waals surface area contributed by atoms with E-state index in [9.17, 15) is 14.7 Å². The van der Waals surface area contributed by atoms with Crippen molar-refractivity contribution in [1.29, 1.82) is 0 Å². The first-order chi connectivity index (χ1) is 26.7. The van der Waals surface area contributed by atoms with Crippen molar-refractivity contribution in [3.8, 4) is 11.1 Å². The van der Waals surface area contributed by atoms with E-state index in [1.165, 1.54) is 5.56 Å². The zero-order valence-corrected chi connectivity index (χ0v) is 31.7. The Labute approximate surface area is 324 Å². The fourth-order valence-electron chi connectivity index (χ4n) is 6.91. The maximum atomic E-state index is 12.7. The molecular weight excluding hydrogens is 689 g/mol. The molecule has 5 N–H and O–H groups in total. The van der Waals surface area contributed by atoms with Crippen LogP contribution < -0.4 is 16.4 Å². The fourth-order valence-corrected chi connectivity index (χ4v) is 6.91. The summed E-state index contributed by atoms with van der Waals surface area (Å²) in [5.41, 5.74) is 14.2. The quantitative estimate of drug-likeness (QED) is 0.0591. The summed E-state index contributed by atoms with van der Waals surface area (Å²) in [5, 5.41) is 15.5. The van der Waals surface area contributed by atoms with E-state index in [0.717, 1.165) is 39.9 Å². The topological polar surface area (TPSA) is 126 Å². The largest absolute Gasteiger partial charge is 0.397 e. The molecule has 1 fully saturated rings. The molecule has 0 bridgehead atoms. The van der Waals surface area contributed by atoms with E-state index in [1.54, 1.807) is 12.1 Å². The van der Waals surface area contributed by atoms with Gasteiger partial charge in [0.25, 0.3) is 0 Å². The third-order valence-corrected chi connectivity index (χ3v) is 10.3. The monoisotopic (exact) mass is 740 g/mol. The number of nitrogens with one attached hydrogen (secondary N) is 2. The van der Waals surface area contributed by atoms with Crippen molar-refractivity contribution in [2.75, 3.05) is 24.6 Å². The van der Waals surface area contributed by atoms with Crippen LogP contribution in [-0.2, 0) is 32.2 Å². The average Bonchev–Trinajstić information content (AvgIpc) is 3.22. The molecule has 5 aromatic rings. The van der Waals surface area contributed by atoms with E-state index < -0.39 is 6.29 Å². The van der Waals surface area contributed by atoms with Crippen molar-refractivity contribution < 1.29 is 24.2 Å². The van der Waals surface area contributed by atoms with Gasteiger partial charge in [0, 0.05) is 44.0 Å². The Morgan fingerprint density at radius 3 is 2.22 bits per heavy atom. The van der Waals surface area contributed by atoms with Crippen molar-refractivity contribution >= 4 is 23.2 Å². The van der Waals surface area contributed by atoms with Crippen LogP contribution in [0.5, 0.6) is 0 Å². The summed E-state index contributed by atoms with van der Waals surface area (Å²) in [6.07, 6.45) is 1.74. The van der Waals surface area contributed by atoms with Crippen molar-refractivity contribution in [2.45, 2.75) is 76.7 Å². The van der Waals surface area contributed by atoms with Crippen LogP contribution in [0.3, 0.4) is 0 Å². The van der Waals surface area contributed by atoms with Gasteiger partial charge >= 0.3 is 0 Å². The molecule has 0 saturated carbocycles. The number of hydrogen-bond donors (Lipinski definition) is 4. The van der Waals surface area contributed by atoms with E-state index in [4.69, 9.17) is 15.2 Å². The zero-order valence-electron chi connectivity index (χ0n) is 31.7. The van der Waals surface area contributed by atoms with Gasteiger partial charge in [-0.2, -0.15) is 0 Å². The Morgan fingerprint density at radius 1 is 0.782 bits per heavy atom. The average molecular weight is 741 g/mol. The number of para-hydroxylation sites is 2. The molecular formula is C46H52N4O5. The number of nitrogens with zero attached hydrogens (tertiary/aromatic N) is 1. The SMILES string of the molecule is C[C@@H](c1ccccc1)N(C)C[C@H]1C[C@@H](c2ccc(CO)cc2)O[C@@H](c2cccc(-c3cccc(CNC(=O)CCCCC(=O)Nc4ccccc4N)c3)c2)O1. The van der Waals surface area contributed by atoms with Crippen molar-refractivity contribution in [3.05, 3.63) is 155 Å². The summed E-state index contributed by atoms with van der Waals surface area (Å²) < 4.78 is 13.4. The van der Waals surface area contributed by atoms with Crippen LogP contribution >= 0.6 is 0 Å². The Balaban J connectivity index is 1.07. The fraction of sp³-hybridized carbons (Fsp3) is 0.304. The Bertz CT molecular complexity index is 2000. The van der Waals surface area contributed by atoms with Gasteiger partial charge in [0.15, 0.2) is 6.29 Å². The third-order valence-electron chi connectivity index (χ3n) is 10.3. The number of nitrogens with two attached hydrogens (primary N) is 1. The van der Waals surface area contributed by atoms with Gasteiger partial charge in [-0.05, 0) is 84.5 Å². The minimum Gasteiger partial charge on any atom is -0.397 e. The number of carbonyl (C=O) groups excluding carboxylic acids is 2. The molecule has 0 aromatic heterocycles. The van der Waals surface area contributed by atoms with Crippen LogP contribution in [0.25, 0.3) is 11.1 Å². The number of amides is 2. The molecule has 286 valence electrons. The molecule has 1 saturated heterocycles. The number of benzene rings is 5. The molecule has 5 aromatic carbocycles. The highest BCUT2D eigenvalue weighted by Gasteiger charge is 2.33. The van der Waals surface area contributed by atoms with Crippen LogP contribution in [0.4, 0.5) is 11.4 Å². The van der Waals surface area contributed by atoms with E-state index in [0.29, 0.717) is 50.0 Å². The lowest BCUT2D eigenvalue weighted by Gasteiger charge is -2.39.